The standard InChI is InChI=1S/C25H22N6O/c1-2-32-17-9-7-16(8-10-17)29-25-21-22(19(13-26)20-11-12-28-31(20)25)30-23-18-6-4-3-5-15(18)14-27-24(21)23/h3-12,23-24,27,29-30H,2,14H2,1H3. The lowest BCUT2D eigenvalue weighted by atomic mass is 9.89. The fourth-order valence-corrected chi connectivity index (χ4v) is 4.89. The van der Waals surface area contributed by atoms with Crippen molar-refractivity contribution < 1.29 is 4.74 Å². The first kappa shape index (κ1) is 18.7. The summed E-state index contributed by atoms with van der Waals surface area (Å²) in [6, 6.07) is 20.7. The summed E-state index contributed by atoms with van der Waals surface area (Å²) < 4.78 is 7.41. The lowest BCUT2D eigenvalue weighted by Gasteiger charge is -2.30. The maximum Gasteiger partial charge on any atom is 0.139 e. The van der Waals surface area contributed by atoms with Crippen LogP contribution >= 0.6 is 0 Å². The van der Waals surface area contributed by atoms with E-state index in [4.69, 9.17) is 4.74 Å². The van der Waals surface area contributed by atoms with E-state index >= 15 is 0 Å². The van der Waals surface area contributed by atoms with Gasteiger partial charge in [-0.3, -0.25) is 0 Å². The zero-order valence-corrected chi connectivity index (χ0v) is 17.6. The molecule has 2 aromatic heterocycles. The number of benzene rings is 2. The fraction of sp³-hybridized carbons (Fsp3) is 0.200. The summed E-state index contributed by atoms with van der Waals surface area (Å²) >= 11 is 0. The van der Waals surface area contributed by atoms with Gasteiger partial charge in [-0.2, -0.15) is 10.4 Å². The number of ether oxygens (including phenoxy) is 1. The van der Waals surface area contributed by atoms with Crippen LogP contribution < -0.4 is 20.7 Å². The number of anilines is 3. The Morgan fingerprint density at radius 3 is 2.81 bits per heavy atom. The van der Waals surface area contributed by atoms with Gasteiger partial charge >= 0.3 is 0 Å². The Hall–Kier alpha value is -4.02. The Morgan fingerprint density at radius 1 is 1.16 bits per heavy atom. The predicted octanol–water partition coefficient (Wildman–Crippen LogP) is 4.66. The molecule has 2 aliphatic heterocycles. The molecule has 0 spiro atoms. The molecule has 32 heavy (non-hydrogen) atoms. The molecule has 2 aromatic carbocycles. The normalized spacial score (nSPS) is 18.2. The van der Waals surface area contributed by atoms with E-state index in [1.807, 2.05) is 41.8 Å². The monoisotopic (exact) mass is 422 g/mol. The average molecular weight is 422 g/mol. The molecule has 0 radical (unpaired) electrons. The van der Waals surface area contributed by atoms with Crippen molar-refractivity contribution in [1.29, 1.82) is 5.26 Å². The molecule has 2 aliphatic rings. The average Bonchev–Trinajstić information content (AvgIpc) is 3.46. The molecule has 2 atom stereocenters. The van der Waals surface area contributed by atoms with Gasteiger partial charge in [0, 0.05) is 17.8 Å². The summed E-state index contributed by atoms with van der Waals surface area (Å²) in [7, 11) is 0. The largest absolute Gasteiger partial charge is 0.494 e. The summed E-state index contributed by atoms with van der Waals surface area (Å²) in [6.07, 6.45) is 1.73. The number of fused-ring (bicyclic) bond motifs is 6. The van der Waals surface area contributed by atoms with Crippen LogP contribution in [0.5, 0.6) is 5.75 Å². The Morgan fingerprint density at radius 2 is 2.00 bits per heavy atom. The lowest BCUT2D eigenvalue weighted by Crippen LogP contribution is -2.32. The quantitative estimate of drug-likeness (QED) is 0.444. The number of nitriles is 1. The SMILES string of the molecule is CCOc1ccc(Nc2c3c(c(C#N)c4ccnn24)NC2c4ccccc4CNC32)cc1. The molecular weight excluding hydrogens is 400 g/mol. The molecule has 0 bridgehead atoms. The molecule has 7 nitrogen and oxygen atoms in total. The van der Waals surface area contributed by atoms with Crippen molar-refractivity contribution in [1.82, 2.24) is 14.9 Å². The van der Waals surface area contributed by atoms with Crippen molar-refractivity contribution in [3.8, 4) is 11.8 Å². The van der Waals surface area contributed by atoms with Crippen molar-refractivity contribution in [3.63, 3.8) is 0 Å². The van der Waals surface area contributed by atoms with E-state index < -0.39 is 0 Å². The zero-order chi connectivity index (χ0) is 21.7. The molecule has 2 unspecified atom stereocenters. The van der Waals surface area contributed by atoms with Gasteiger partial charge in [0.15, 0.2) is 0 Å². The summed E-state index contributed by atoms with van der Waals surface area (Å²) in [6.45, 7) is 3.38. The topological polar surface area (TPSA) is 86.4 Å². The van der Waals surface area contributed by atoms with Gasteiger partial charge < -0.3 is 20.7 Å². The van der Waals surface area contributed by atoms with Gasteiger partial charge in [0.25, 0.3) is 0 Å². The first-order valence-corrected chi connectivity index (χ1v) is 10.8. The third kappa shape index (κ3) is 2.74. The highest BCUT2D eigenvalue weighted by atomic mass is 16.5. The summed E-state index contributed by atoms with van der Waals surface area (Å²) in [5.41, 5.74) is 6.76. The smallest absolute Gasteiger partial charge is 0.139 e. The maximum atomic E-state index is 10.0. The first-order valence-electron chi connectivity index (χ1n) is 10.8. The van der Waals surface area contributed by atoms with E-state index in [2.05, 4.69) is 51.4 Å². The Kier molecular flexibility index (Phi) is 4.27. The van der Waals surface area contributed by atoms with Crippen LogP contribution in [0.3, 0.4) is 0 Å². The Bertz CT molecular complexity index is 1370. The van der Waals surface area contributed by atoms with Crippen LogP contribution in [-0.4, -0.2) is 16.2 Å². The summed E-state index contributed by atoms with van der Waals surface area (Å²) in [5, 5.41) is 25.5. The highest BCUT2D eigenvalue weighted by molar-refractivity contribution is 5.85. The highest BCUT2D eigenvalue weighted by Gasteiger charge is 2.41. The van der Waals surface area contributed by atoms with E-state index in [-0.39, 0.29) is 12.1 Å². The molecule has 6 rings (SSSR count). The number of aromatic nitrogens is 2. The number of pyridine rings is 1. The van der Waals surface area contributed by atoms with Gasteiger partial charge in [0.2, 0.25) is 0 Å². The maximum absolute atomic E-state index is 10.0. The van der Waals surface area contributed by atoms with Crippen LogP contribution in [0.15, 0.2) is 60.8 Å². The number of rotatable bonds is 4. The Balaban J connectivity index is 1.51. The van der Waals surface area contributed by atoms with Crippen LogP contribution in [-0.2, 0) is 6.54 Å². The molecule has 4 heterocycles. The van der Waals surface area contributed by atoms with E-state index in [0.717, 1.165) is 40.6 Å². The van der Waals surface area contributed by atoms with Crippen LogP contribution in [0.4, 0.5) is 17.2 Å². The third-order valence-electron chi connectivity index (χ3n) is 6.27. The van der Waals surface area contributed by atoms with Crippen molar-refractivity contribution in [2.45, 2.75) is 25.6 Å². The molecular formula is C25H22N6O. The minimum atomic E-state index is 0.0193. The van der Waals surface area contributed by atoms with Gasteiger partial charge in [-0.05, 0) is 48.4 Å². The van der Waals surface area contributed by atoms with Crippen LogP contribution in [0.2, 0.25) is 0 Å². The molecule has 0 aliphatic carbocycles. The zero-order valence-electron chi connectivity index (χ0n) is 17.6. The number of nitrogens with zero attached hydrogens (tertiary/aromatic N) is 3. The molecule has 7 heteroatoms. The minimum absolute atomic E-state index is 0.0193. The molecule has 4 aromatic rings. The van der Waals surface area contributed by atoms with E-state index in [0.29, 0.717) is 12.2 Å². The van der Waals surface area contributed by atoms with E-state index in [1.54, 1.807) is 6.20 Å². The number of nitrogens with one attached hydrogen (secondary N) is 3. The summed E-state index contributed by atoms with van der Waals surface area (Å²) in [5.74, 6) is 1.69. The minimum Gasteiger partial charge on any atom is -0.494 e. The lowest BCUT2D eigenvalue weighted by molar-refractivity contribution is 0.340. The van der Waals surface area contributed by atoms with E-state index in [1.165, 1.54) is 11.1 Å². The molecule has 0 saturated carbocycles. The van der Waals surface area contributed by atoms with Crippen LogP contribution in [0.25, 0.3) is 5.52 Å². The van der Waals surface area contributed by atoms with Crippen molar-refractivity contribution in [2.24, 2.45) is 0 Å². The summed E-state index contributed by atoms with van der Waals surface area (Å²) in [4.78, 5) is 0. The van der Waals surface area contributed by atoms with Gasteiger partial charge in [-0.1, -0.05) is 24.3 Å². The third-order valence-corrected chi connectivity index (χ3v) is 6.27. The molecule has 3 N–H and O–H groups in total. The second-order valence-electron chi connectivity index (χ2n) is 8.01. The predicted molar refractivity (Wildman–Crippen MR) is 123 cm³/mol. The van der Waals surface area contributed by atoms with Gasteiger partial charge in [-0.25, -0.2) is 4.52 Å². The van der Waals surface area contributed by atoms with Gasteiger partial charge in [0.1, 0.15) is 23.2 Å². The first-order chi connectivity index (χ1) is 15.8. The van der Waals surface area contributed by atoms with Crippen LogP contribution in [0, 0.1) is 11.3 Å². The van der Waals surface area contributed by atoms with Gasteiger partial charge in [-0.15, -0.1) is 0 Å². The Labute approximate surface area is 185 Å². The fourth-order valence-electron chi connectivity index (χ4n) is 4.89. The number of hydrogen-bond donors (Lipinski definition) is 3. The van der Waals surface area contributed by atoms with Crippen LogP contribution in [0.1, 0.15) is 41.3 Å². The number of hydrogen-bond acceptors (Lipinski definition) is 6. The van der Waals surface area contributed by atoms with Crippen molar-refractivity contribution in [3.05, 3.63) is 83.0 Å². The van der Waals surface area contributed by atoms with Crippen molar-refractivity contribution >= 4 is 22.7 Å². The van der Waals surface area contributed by atoms with E-state index in [9.17, 15) is 5.26 Å². The second kappa shape index (κ2) is 7.29. The molecule has 0 amide bonds. The van der Waals surface area contributed by atoms with Crippen molar-refractivity contribution in [2.75, 3.05) is 17.2 Å². The molecule has 0 fully saturated rings. The van der Waals surface area contributed by atoms with Gasteiger partial charge in [0.05, 0.1) is 36.1 Å². The molecule has 158 valence electrons. The highest BCUT2D eigenvalue weighted by Crippen LogP contribution is 2.51. The molecule has 0 saturated heterocycles. The second-order valence-corrected chi connectivity index (χ2v) is 8.01.